The van der Waals surface area contributed by atoms with Crippen molar-refractivity contribution in [2.24, 2.45) is 0 Å². The molecule has 1 saturated heterocycles. The number of rotatable bonds is 3. The number of hydrogen-bond donors (Lipinski definition) is 0. The fourth-order valence-electron chi connectivity index (χ4n) is 3.57. The molecular weight excluding hydrogens is 247 g/mol. The molecule has 0 aliphatic carbocycles. The van der Waals surface area contributed by atoms with Gasteiger partial charge in [-0.3, -0.25) is 0 Å². The van der Waals surface area contributed by atoms with Gasteiger partial charge in [0.25, 0.3) is 0 Å². The molecular formula is C18H23P. The quantitative estimate of drug-likeness (QED) is 0.723. The average Bonchev–Trinajstić information content (AvgIpc) is 2.50. The number of hydrogen-bond acceptors (Lipinski definition) is 0. The summed E-state index contributed by atoms with van der Waals surface area (Å²) >= 11 is 0. The Labute approximate surface area is 117 Å². The first kappa shape index (κ1) is 12.9. The topological polar surface area (TPSA) is 0 Å². The van der Waals surface area contributed by atoms with Crippen LogP contribution in [0.5, 0.6) is 0 Å². The maximum absolute atomic E-state index is 2.39. The molecule has 0 nitrogen and oxygen atoms in total. The molecule has 0 amide bonds. The summed E-state index contributed by atoms with van der Waals surface area (Å²) in [6, 6.07) is 22.5. The molecule has 100 valence electrons. The van der Waals surface area contributed by atoms with Gasteiger partial charge in [-0.05, 0) is 0 Å². The molecule has 0 radical (unpaired) electrons. The van der Waals surface area contributed by atoms with Crippen LogP contribution in [0, 0.1) is 0 Å². The van der Waals surface area contributed by atoms with Gasteiger partial charge >= 0.3 is 117 Å². The molecule has 1 aliphatic heterocycles. The van der Waals surface area contributed by atoms with Crippen molar-refractivity contribution in [1.82, 2.24) is 0 Å². The molecule has 0 unspecified atom stereocenters. The summed E-state index contributed by atoms with van der Waals surface area (Å²) in [5.74, 6) is 0. The summed E-state index contributed by atoms with van der Waals surface area (Å²) in [4.78, 5) is 0. The summed E-state index contributed by atoms with van der Waals surface area (Å²) in [5.41, 5.74) is 1.54. The van der Waals surface area contributed by atoms with E-state index in [2.05, 4.69) is 60.7 Å². The third kappa shape index (κ3) is 2.90. The van der Waals surface area contributed by atoms with Gasteiger partial charge in [0.2, 0.25) is 0 Å². The Morgan fingerprint density at radius 1 is 0.684 bits per heavy atom. The van der Waals surface area contributed by atoms with Gasteiger partial charge in [0, 0.05) is 0 Å². The third-order valence-electron chi connectivity index (χ3n) is 4.58. The predicted molar refractivity (Wildman–Crippen MR) is 88.1 cm³/mol. The van der Waals surface area contributed by atoms with Crippen LogP contribution < -0.4 is 5.30 Å². The van der Waals surface area contributed by atoms with Crippen LogP contribution in [0.15, 0.2) is 60.7 Å². The van der Waals surface area contributed by atoms with E-state index in [0.717, 1.165) is 0 Å². The van der Waals surface area contributed by atoms with E-state index < -0.39 is 7.26 Å². The Hall–Kier alpha value is -1.13. The second-order valence-corrected chi connectivity index (χ2v) is 10.4. The molecule has 2 aromatic carbocycles. The van der Waals surface area contributed by atoms with E-state index in [0.29, 0.717) is 0 Å². The SMILES string of the molecule is c1ccc(C[PH]2(c3ccccc3)CCCCC2)cc1. The van der Waals surface area contributed by atoms with Crippen LogP contribution >= 0.6 is 7.26 Å². The summed E-state index contributed by atoms with van der Waals surface area (Å²) in [6.45, 7) is 0. The third-order valence-corrected chi connectivity index (χ3v) is 9.85. The summed E-state index contributed by atoms with van der Waals surface area (Å²) < 4.78 is 0. The molecule has 0 saturated carbocycles. The van der Waals surface area contributed by atoms with E-state index in [1.807, 2.05) is 0 Å². The van der Waals surface area contributed by atoms with E-state index in [9.17, 15) is 0 Å². The Bertz CT molecular complexity index is 498. The fourth-order valence-corrected chi connectivity index (χ4v) is 8.73. The summed E-state index contributed by atoms with van der Waals surface area (Å²) in [5, 5.41) is 1.68. The van der Waals surface area contributed by atoms with Gasteiger partial charge in [0.15, 0.2) is 0 Å². The molecule has 19 heavy (non-hydrogen) atoms. The van der Waals surface area contributed by atoms with E-state index in [-0.39, 0.29) is 0 Å². The molecule has 3 rings (SSSR count). The first-order chi connectivity index (χ1) is 9.39. The van der Waals surface area contributed by atoms with Crippen LogP contribution in [0.3, 0.4) is 0 Å². The maximum atomic E-state index is 2.39. The Kier molecular flexibility index (Phi) is 3.99. The molecule has 0 bridgehead atoms. The molecule has 1 heteroatoms. The molecule has 0 spiro atoms. The minimum absolute atomic E-state index is 1.30. The first-order valence-electron chi connectivity index (χ1n) is 7.49. The molecule has 1 aliphatic rings. The predicted octanol–water partition coefficient (Wildman–Crippen LogP) is 4.45. The zero-order chi connectivity index (χ0) is 13.0. The first-order valence-corrected chi connectivity index (χ1v) is 10.1. The van der Waals surface area contributed by atoms with Crippen molar-refractivity contribution < 1.29 is 0 Å². The minimum atomic E-state index is -1.30. The van der Waals surface area contributed by atoms with E-state index >= 15 is 0 Å². The van der Waals surface area contributed by atoms with Crippen LogP contribution in [-0.4, -0.2) is 12.3 Å². The van der Waals surface area contributed by atoms with Gasteiger partial charge in [-0.25, -0.2) is 0 Å². The summed E-state index contributed by atoms with van der Waals surface area (Å²) in [7, 11) is -1.30. The van der Waals surface area contributed by atoms with E-state index in [1.54, 1.807) is 10.9 Å². The fraction of sp³-hybridized carbons (Fsp3) is 0.333. The van der Waals surface area contributed by atoms with Gasteiger partial charge in [0.1, 0.15) is 0 Å². The van der Waals surface area contributed by atoms with Crippen molar-refractivity contribution in [3.05, 3.63) is 66.2 Å². The normalized spacial score (nSPS) is 19.8. The van der Waals surface area contributed by atoms with Gasteiger partial charge in [0.05, 0.1) is 0 Å². The van der Waals surface area contributed by atoms with Crippen molar-refractivity contribution in [2.75, 3.05) is 12.3 Å². The average molecular weight is 270 g/mol. The van der Waals surface area contributed by atoms with Crippen LogP contribution in [0.4, 0.5) is 0 Å². The zero-order valence-corrected chi connectivity index (χ0v) is 12.5. The molecule has 1 heterocycles. The van der Waals surface area contributed by atoms with Gasteiger partial charge < -0.3 is 0 Å². The Balaban J connectivity index is 1.93. The second-order valence-electron chi connectivity index (χ2n) is 5.87. The van der Waals surface area contributed by atoms with Crippen molar-refractivity contribution in [3.8, 4) is 0 Å². The van der Waals surface area contributed by atoms with E-state index in [4.69, 9.17) is 0 Å². The van der Waals surface area contributed by atoms with Crippen LogP contribution in [0.2, 0.25) is 0 Å². The van der Waals surface area contributed by atoms with Crippen molar-refractivity contribution in [2.45, 2.75) is 25.4 Å². The Morgan fingerprint density at radius 3 is 1.89 bits per heavy atom. The van der Waals surface area contributed by atoms with E-state index in [1.165, 1.54) is 37.7 Å². The van der Waals surface area contributed by atoms with Crippen LogP contribution in [0.25, 0.3) is 0 Å². The second kappa shape index (κ2) is 5.88. The molecule has 0 N–H and O–H groups in total. The number of benzene rings is 2. The standard InChI is InChI=1S/C18H23P/c1-4-10-17(11-5-1)16-19(14-8-3-9-15-19)18-12-6-2-7-13-18/h1-2,4-7,10-13,19H,3,8-9,14-16H2. The van der Waals surface area contributed by atoms with Crippen LogP contribution in [-0.2, 0) is 6.16 Å². The monoisotopic (exact) mass is 270 g/mol. The van der Waals surface area contributed by atoms with Gasteiger partial charge in [-0.2, -0.15) is 0 Å². The van der Waals surface area contributed by atoms with Gasteiger partial charge in [-0.1, -0.05) is 0 Å². The Morgan fingerprint density at radius 2 is 1.26 bits per heavy atom. The van der Waals surface area contributed by atoms with Crippen molar-refractivity contribution >= 4 is 12.6 Å². The summed E-state index contributed by atoms with van der Waals surface area (Å²) in [6.07, 6.45) is 8.61. The zero-order valence-electron chi connectivity index (χ0n) is 11.5. The molecule has 2 aromatic rings. The molecule has 0 atom stereocenters. The van der Waals surface area contributed by atoms with Crippen molar-refractivity contribution in [1.29, 1.82) is 0 Å². The molecule has 1 fully saturated rings. The van der Waals surface area contributed by atoms with Crippen LogP contribution in [0.1, 0.15) is 24.8 Å². The molecule has 0 aromatic heterocycles. The van der Waals surface area contributed by atoms with Crippen molar-refractivity contribution in [3.63, 3.8) is 0 Å². The van der Waals surface area contributed by atoms with Gasteiger partial charge in [-0.15, -0.1) is 0 Å².